The minimum atomic E-state index is -0.133. The van der Waals surface area contributed by atoms with Crippen LogP contribution in [0.3, 0.4) is 0 Å². The number of rotatable bonds is 6. The predicted octanol–water partition coefficient (Wildman–Crippen LogP) is 4.55. The molecule has 2 aromatic carbocycles. The van der Waals surface area contributed by atoms with Crippen molar-refractivity contribution in [1.29, 1.82) is 0 Å². The van der Waals surface area contributed by atoms with Gasteiger partial charge in [0.25, 0.3) is 0 Å². The Hall–Kier alpha value is -3.93. The molecule has 6 nitrogen and oxygen atoms in total. The highest BCUT2D eigenvalue weighted by Crippen LogP contribution is 2.21. The van der Waals surface area contributed by atoms with Crippen LogP contribution in [0.1, 0.15) is 11.1 Å². The van der Waals surface area contributed by atoms with E-state index in [0.717, 1.165) is 22.6 Å². The molecule has 144 valence electrons. The van der Waals surface area contributed by atoms with Gasteiger partial charge in [0.05, 0.1) is 30.2 Å². The SMILES string of the molecule is Cc1ccc(Oc2ccc(NC(=O)Cc3cnn(-c4ccccc4)c3)cn2)cc1. The normalized spacial score (nSPS) is 10.5. The summed E-state index contributed by atoms with van der Waals surface area (Å²) in [4.78, 5) is 16.6. The maximum absolute atomic E-state index is 12.3. The molecular weight excluding hydrogens is 364 g/mol. The van der Waals surface area contributed by atoms with Crippen molar-refractivity contribution in [2.75, 3.05) is 5.32 Å². The second kappa shape index (κ2) is 8.39. The molecular formula is C23H20N4O2. The molecule has 29 heavy (non-hydrogen) atoms. The average molecular weight is 384 g/mol. The van der Waals surface area contributed by atoms with Crippen molar-refractivity contribution >= 4 is 11.6 Å². The van der Waals surface area contributed by atoms with Crippen molar-refractivity contribution in [3.05, 3.63) is 96.4 Å². The smallest absolute Gasteiger partial charge is 0.228 e. The zero-order valence-electron chi connectivity index (χ0n) is 15.9. The first kappa shape index (κ1) is 18.4. The van der Waals surface area contributed by atoms with Gasteiger partial charge in [0.1, 0.15) is 5.75 Å². The van der Waals surface area contributed by atoms with E-state index in [1.165, 1.54) is 0 Å². The van der Waals surface area contributed by atoms with Crippen LogP contribution in [-0.4, -0.2) is 20.7 Å². The number of ether oxygens (including phenoxy) is 1. The lowest BCUT2D eigenvalue weighted by Gasteiger charge is -2.07. The summed E-state index contributed by atoms with van der Waals surface area (Å²) in [5.41, 5.74) is 3.56. The topological polar surface area (TPSA) is 69.0 Å². The van der Waals surface area contributed by atoms with Crippen molar-refractivity contribution < 1.29 is 9.53 Å². The third kappa shape index (κ3) is 4.87. The molecule has 0 spiro atoms. The molecule has 0 atom stereocenters. The molecule has 2 aromatic heterocycles. The van der Waals surface area contributed by atoms with Crippen molar-refractivity contribution in [2.24, 2.45) is 0 Å². The lowest BCUT2D eigenvalue weighted by Crippen LogP contribution is -2.14. The summed E-state index contributed by atoms with van der Waals surface area (Å²) >= 11 is 0. The molecule has 1 amide bonds. The molecule has 0 aliphatic rings. The number of pyridine rings is 1. The van der Waals surface area contributed by atoms with Crippen molar-refractivity contribution in [3.8, 4) is 17.3 Å². The second-order valence-electron chi connectivity index (χ2n) is 6.65. The summed E-state index contributed by atoms with van der Waals surface area (Å²) in [5, 5.41) is 7.16. The molecule has 0 saturated heterocycles. The highest BCUT2D eigenvalue weighted by molar-refractivity contribution is 5.92. The zero-order chi connectivity index (χ0) is 20.1. The summed E-state index contributed by atoms with van der Waals surface area (Å²) in [7, 11) is 0. The number of carbonyl (C=O) groups excluding carboxylic acids is 1. The van der Waals surface area contributed by atoms with Crippen LogP contribution in [0, 0.1) is 6.92 Å². The number of hydrogen-bond acceptors (Lipinski definition) is 4. The van der Waals surface area contributed by atoms with Gasteiger partial charge >= 0.3 is 0 Å². The number of nitrogens with one attached hydrogen (secondary N) is 1. The molecule has 1 N–H and O–H groups in total. The fourth-order valence-corrected chi connectivity index (χ4v) is 2.81. The quantitative estimate of drug-likeness (QED) is 0.529. The molecule has 0 fully saturated rings. The lowest BCUT2D eigenvalue weighted by molar-refractivity contribution is -0.115. The van der Waals surface area contributed by atoms with Gasteiger partial charge in [-0.25, -0.2) is 9.67 Å². The number of benzene rings is 2. The summed E-state index contributed by atoms with van der Waals surface area (Å²) in [6.07, 6.45) is 5.36. The summed E-state index contributed by atoms with van der Waals surface area (Å²) in [5.74, 6) is 1.05. The monoisotopic (exact) mass is 384 g/mol. The van der Waals surface area contributed by atoms with E-state index in [4.69, 9.17) is 4.74 Å². The van der Waals surface area contributed by atoms with Gasteiger partial charge in [-0.1, -0.05) is 35.9 Å². The molecule has 0 radical (unpaired) electrons. The van der Waals surface area contributed by atoms with Crippen LogP contribution >= 0.6 is 0 Å². The van der Waals surface area contributed by atoms with E-state index in [-0.39, 0.29) is 12.3 Å². The van der Waals surface area contributed by atoms with Gasteiger partial charge in [-0.05, 0) is 42.8 Å². The molecule has 0 bridgehead atoms. The van der Waals surface area contributed by atoms with Gasteiger partial charge in [0.2, 0.25) is 11.8 Å². The van der Waals surface area contributed by atoms with Gasteiger partial charge in [0.15, 0.2) is 0 Å². The third-order valence-electron chi connectivity index (χ3n) is 4.28. The standard InChI is InChI=1S/C23H20N4O2/c1-17-7-10-21(11-8-17)29-23-12-9-19(15-24-23)26-22(28)13-18-14-25-27(16-18)20-5-3-2-4-6-20/h2-12,14-16H,13H2,1H3,(H,26,28). The van der Waals surface area contributed by atoms with Gasteiger partial charge < -0.3 is 10.1 Å². The summed E-state index contributed by atoms with van der Waals surface area (Å²) in [6.45, 7) is 2.02. The molecule has 4 rings (SSSR count). The molecule has 2 heterocycles. The molecule has 0 aliphatic heterocycles. The van der Waals surface area contributed by atoms with Gasteiger partial charge in [0, 0.05) is 12.3 Å². The number of nitrogens with zero attached hydrogens (tertiary/aromatic N) is 3. The highest BCUT2D eigenvalue weighted by atomic mass is 16.5. The number of amides is 1. The Morgan fingerprint density at radius 3 is 2.52 bits per heavy atom. The molecule has 0 saturated carbocycles. The fourth-order valence-electron chi connectivity index (χ4n) is 2.81. The highest BCUT2D eigenvalue weighted by Gasteiger charge is 2.08. The molecule has 0 unspecified atom stereocenters. The Morgan fingerprint density at radius 1 is 1.00 bits per heavy atom. The largest absolute Gasteiger partial charge is 0.439 e. The first-order valence-corrected chi connectivity index (χ1v) is 9.25. The average Bonchev–Trinajstić information content (AvgIpc) is 3.20. The Kier molecular flexibility index (Phi) is 5.33. The fraction of sp³-hybridized carbons (Fsp3) is 0.0870. The van der Waals surface area contributed by atoms with E-state index in [2.05, 4.69) is 15.4 Å². The summed E-state index contributed by atoms with van der Waals surface area (Å²) in [6, 6.07) is 21.0. The first-order chi connectivity index (χ1) is 14.2. The van der Waals surface area contributed by atoms with Crippen molar-refractivity contribution in [2.45, 2.75) is 13.3 Å². The predicted molar refractivity (Wildman–Crippen MR) is 111 cm³/mol. The van der Waals surface area contributed by atoms with Crippen LogP contribution in [-0.2, 0) is 11.2 Å². The van der Waals surface area contributed by atoms with Gasteiger partial charge in [-0.15, -0.1) is 0 Å². The van der Waals surface area contributed by atoms with E-state index in [9.17, 15) is 4.79 Å². The van der Waals surface area contributed by atoms with E-state index >= 15 is 0 Å². The van der Waals surface area contributed by atoms with Crippen LogP contribution in [0.5, 0.6) is 11.6 Å². The van der Waals surface area contributed by atoms with Crippen LogP contribution < -0.4 is 10.1 Å². The van der Waals surface area contributed by atoms with E-state index < -0.39 is 0 Å². The molecule has 4 aromatic rings. The van der Waals surface area contributed by atoms with E-state index in [1.807, 2.05) is 67.7 Å². The van der Waals surface area contributed by atoms with E-state index in [0.29, 0.717) is 11.6 Å². The second-order valence-corrected chi connectivity index (χ2v) is 6.65. The van der Waals surface area contributed by atoms with Crippen LogP contribution in [0.4, 0.5) is 5.69 Å². The number of carbonyl (C=O) groups is 1. The van der Waals surface area contributed by atoms with Gasteiger partial charge in [-0.3, -0.25) is 4.79 Å². The van der Waals surface area contributed by atoms with Crippen LogP contribution in [0.25, 0.3) is 5.69 Å². The van der Waals surface area contributed by atoms with Crippen molar-refractivity contribution in [3.63, 3.8) is 0 Å². The minimum absolute atomic E-state index is 0.133. The van der Waals surface area contributed by atoms with Crippen LogP contribution in [0.2, 0.25) is 0 Å². The van der Waals surface area contributed by atoms with E-state index in [1.54, 1.807) is 29.2 Å². The maximum Gasteiger partial charge on any atom is 0.228 e. The zero-order valence-corrected chi connectivity index (χ0v) is 15.9. The molecule has 0 aliphatic carbocycles. The Bertz CT molecular complexity index is 1090. The number of hydrogen-bond donors (Lipinski definition) is 1. The Balaban J connectivity index is 1.34. The minimum Gasteiger partial charge on any atom is -0.439 e. The number of anilines is 1. The number of para-hydroxylation sites is 1. The number of aromatic nitrogens is 3. The third-order valence-corrected chi connectivity index (χ3v) is 4.28. The number of aryl methyl sites for hydroxylation is 1. The van der Waals surface area contributed by atoms with Crippen LogP contribution in [0.15, 0.2) is 85.3 Å². The Morgan fingerprint density at radius 2 is 1.79 bits per heavy atom. The Labute approximate surface area is 168 Å². The van der Waals surface area contributed by atoms with Crippen molar-refractivity contribution in [1.82, 2.24) is 14.8 Å². The maximum atomic E-state index is 12.3. The molecule has 6 heteroatoms. The van der Waals surface area contributed by atoms with Gasteiger partial charge in [-0.2, -0.15) is 5.10 Å². The summed E-state index contributed by atoms with van der Waals surface area (Å²) < 4.78 is 7.45. The first-order valence-electron chi connectivity index (χ1n) is 9.25. The lowest BCUT2D eigenvalue weighted by atomic mass is 10.2.